The monoisotopic (exact) mass is 436 g/mol. The molecule has 0 bridgehead atoms. The lowest BCUT2D eigenvalue weighted by Crippen LogP contribution is -2.33. The number of ketones is 1. The number of aromatic nitrogens is 3. The predicted molar refractivity (Wildman–Crippen MR) is 95.9 cm³/mol. The molecule has 0 spiro atoms. The Hall–Kier alpha value is -3.50. The minimum atomic E-state index is -4.84. The van der Waals surface area contributed by atoms with Crippen LogP contribution in [0.5, 0.6) is 0 Å². The third-order valence-electron chi connectivity index (χ3n) is 5.32. The molecule has 3 aromatic rings. The van der Waals surface area contributed by atoms with Crippen LogP contribution in [-0.4, -0.2) is 20.5 Å². The molecule has 3 heterocycles. The first-order chi connectivity index (χ1) is 14.7. The lowest BCUT2D eigenvalue weighted by Gasteiger charge is -2.34. The molecule has 0 fully saturated rings. The van der Waals surface area contributed by atoms with Crippen LogP contribution in [0.3, 0.4) is 0 Å². The fourth-order valence-electron chi connectivity index (χ4n) is 4.10. The maximum absolute atomic E-state index is 13.9. The summed E-state index contributed by atoms with van der Waals surface area (Å²) in [4.78, 5) is 16.6. The van der Waals surface area contributed by atoms with Gasteiger partial charge in [-0.25, -0.2) is 13.5 Å². The van der Waals surface area contributed by atoms with E-state index in [-0.39, 0.29) is 41.6 Å². The van der Waals surface area contributed by atoms with Crippen LogP contribution < -0.4 is 5.32 Å². The van der Waals surface area contributed by atoms with Crippen molar-refractivity contribution >= 4 is 11.7 Å². The Labute approximate surface area is 171 Å². The zero-order valence-corrected chi connectivity index (χ0v) is 15.6. The molecular weight excluding hydrogens is 423 g/mol. The minimum Gasteiger partial charge on any atom is -0.469 e. The maximum Gasteiger partial charge on any atom is 0.453 e. The quantitative estimate of drug-likeness (QED) is 0.596. The highest BCUT2D eigenvalue weighted by atomic mass is 19.4. The summed E-state index contributed by atoms with van der Waals surface area (Å²) in [5, 5.41) is 6.26. The number of hydrogen-bond donors (Lipinski definition) is 1. The number of fused-ring (bicyclic) bond motifs is 1. The van der Waals surface area contributed by atoms with Crippen LogP contribution in [0.1, 0.15) is 41.9 Å². The average Bonchev–Trinajstić information content (AvgIpc) is 3.34. The number of halogens is 5. The maximum atomic E-state index is 13.9. The number of benzene rings is 1. The smallest absolute Gasteiger partial charge is 0.453 e. The molecule has 1 aliphatic heterocycles. The molecule has 1 aromatic carbocycles. The van der Waals surface area contributed by atoms with E-state index in [1.54, 1.807) is 12.1 Å². The van der Waals surface area contributed by atoms with E-state index >= 15 is 0 Å². The highest BCUT2D eigenvalue weighted by molar-refractivity contribution is 6.00. The first-order valence-electron chi connectivity index (χ1n) is 9.27. The summed E-state index contributed by atoms with van der Waals surface area (Å²) in [6.07, 6.45) is -3.11. The Bertz CT molecular complexity index is 1190. The van der Waals surface area contributed by atoms with Gasteiger partial charge in [0.2, 0.25) is 5.95 Å². The first kappa shape index (κ1) is 19.5. The fourth-order valence-corrected chi connectivity index (χ4v) is 4.10. The van der Waals surface area contributed by atoms with Gasteiger partial charge in [0.15, 0.2) is 5.78 Å². The van der Waals surface area contributed by atoms with Gasteiger partial charge in [-0.2, -0.15) is 18.2 Å². The molecule has 31 heavy (non-hydrogen) atoms. The second kappa shape index (κ2) is 6.76. The molecule has 2 aromatic heterocycles. The number of Topliss-reactive ketones (excluding diaryl/α,β-unsaturated/α-hetero) is 1. The molecular formula is C20H13F5N4O2. The summed E-state index contributed by atoms with van der Waals surface area (Å²) in [5.41, 5.74) is 0.371. The number of carbonyl (C=O) groups is 1. The number of hydrogen-bond acceptors (Lipinski definition) is 5. The summed E-state index contributed by atoms with van der Waals surface area (Å²) >= 11 is 0. The van der Waals surface area contributed by atoms with E-state index in [9.17, 15) is 26.7 Å². The van der Waals surface area contributed by atoms with Gasteiger partial charge in [-0.15, -0.1) is 5.10 Å². The standard InChI is InChI=1S/C20H13F5N4O2/c21-11-4-10(5-12(22)8-11)17-16-13(6-9(7-14(16)30)15-2-1-3-31-15)26-19-27-18(20(23,24)25)28-29(17)19/h1-5,8-9,17H,6-7H2,(H,26,27,28). The van der Waals surface area contributed by atoms with Crippen molar-refractivity contribution in [2.24, 2.45) is 0 Å². The van der Waals surface area contributed by atoms with Crippen molar-refractivity contribution in [3.05, 3.63) is 76.6 Å². The molecule has 11 heteroatoms. The zero-order chi connectivity index (χ0) is 21.9. The van der Waals surface area contributed by atoms with Gasteiger partial charge in [0.1, 0.15) is 23.4 Å². The first-order valence-corrected chi connectivity index (χ1v) is 9.27. The van der Waals surface area contributed by atoms with Crippen molar-refractivity contribution in [1.82, 2.24) is 14.8 Å². The molecule has 5 rings (SSSR count). The van der Waals surface area contributed by atoms with E-state index < -0.39 is 29.7 Å². The van der Waals surface area contributed by atoms with Crippen molar-refractivity contribution in [3.8, 4) is 0 Å². The lowest BCUT2D eigenvalue weighted by molar-refractivity contribution is -0.145. The van der Waals surface area contributed by atoms with E-state index in [1.165, 1.54) is 6.26 Å². The van der Waals surface area contributed by atoms with E-state index in [2.05, 4.69) is 15.4 Å². The molecule has 0 radical (unpaired) electrons. The summed E-state index contributed by atoms with van der Waals surface area (Å²) in [7, 11) is 0. The number of nitrogens with zero attached hydrogens (tertiary/aromatic N) is 3. The number of allylic oxidation sites excluding steroid dienone is 2. The third kappa shape index (κ3) is 3.29. The number of alkyl halides is 3. The Morgan fingerprint density at radius 1 is 1.13 bits per heavy atom. The van der Waals surface area contributed by atoms with Gasteiger partial charge in [-0.3, -0.25) is 4.79 Å². The normalized spacial score (nSPS) is 21.0. The van der Waals surface area contributed by atoms with E-state index in [0.717, 1.165) is 16.8 Å². The molecule has 1 N–H and O–H groups in total. The van der Waals surface area contributed by atoms with Crippen LogP contribution >= 0.6 is 0 Å². The van der Waals surface area contributed by atoms with Gasteiger partial charge in [0.05, 0.1) is 6.26 Å². The molecule has 1 aliphatic carbocycles. The highest BCUT2D eigenvalue weighted by Crippen LogP contribution is 2.45. The van der Waals surface area contributed by atoms with E-state index in [1.807, 2.05) is 0 Å². The van der Waals surface area contributed by atoms with E-state index in [4.69, 9.17) is 4.42 Å². The Morgan fingerprint density at radius 3 is 2.52 bits per heavy atom. The second-order valence-corrected chi connectivity index (χ2v) is 7.37. The van der Waals surface area contributed by atoms with Crippen molar-refractivity contribution in [3.63, 3.8) is 0 Å². The molecule has 6 nitrogen and oxygen atoms in total. The van der Waals surface area contributed by atoms with Crippen molar-refractivity contribution in [1.29, 1.82) is 0 Å². The Balaban J connectivity index is 1.67. The Kier molecular flexibility index (Phi) is 4.24. The van der Waals surface area contributed by atoms with Crippen molar-refractivity contribution in [2.75, 3.05) is 5.32 Å². The number of carbonyl (C=O) groups excluding carboxylic acids is 1. The molecule has 160 valence electrons. The third-order valence-corrected chi connectivity index (χ3v) is 5.32. The lowest BCUT2D eigenvalue weighted by atomic mass is 9.79. The topological polar surface area (TPSA) is 73.0 Å². The fraction of sp³-hybridized carbons (Fsp3) is 0.250. The molecule has 2 atom stereocenters. The van der Waals surface area contributed by atoms with Crippen molar-refractivity contribution in [2.45, 2.75) is 31.0 Å². The molecule has 0 amide bonds. The van der Waals surface area contributed by atoms with Gasteiger partial charge >= 0.3 is 6.18 Å². The summed E-state index contributed by atoms with van der Waals surface area (Å²) in [6, 6.07) is 4.69. The van der Waals surface area contributed by atoms with Gasteiger partial charge < -0.3 is 9.73 Å². The van der Waals surface area contributed by atoms with Gasteiger partial charge in [0, 0.05) is 29.7 Å². The summed E-state index contributed by atoms with van der Waals surface area (Å²) in [5.74, 6) is -3.72. The van der Waals surface area contributed by atoms with Gasteiger partial charge in [-0.05, 0) is 36.2 Å². The van der Waals surface area contributed by atoms with Crippen LogP contribution in [0.2, 0.25) is 0 Å². The van der Waals surface area contributed by atoms with E-state index in [0.29, 0.717) is 17.5 Å². The predicted octanol–water partition coefficient (Wildman–Crippen LogP) is 4.58. The molecule has 0 saturated heterocycles. The average molecular weight is 436 g/mol. The van der Waals surface area contributed by atoms with Crippen LogP contribution in [-0.2, 0) is 11.0 Å². The number of anilines is 1. The number of furan rings is 1. The number of rotatable bonds is 2. The summed E-state index contributed by atoms with van der Waals surface area (Å²) in [6.45, 7) is 0. The zero-order valence-electron chi connectivity index (χ0n) is 15.6. The molecule has 0 saturated carbocycles. The van der Waals surface area contributed by atoms with Crippen LogP contribution in [0.4, 0.5) is 27.9 Å². The minimum absolute atomic E-state index is 0.0263. The van der Waals surface area contributed by atoms with Gasteiger partial charge in [-0.1, -0.05) is 0 Å². The SMILES string of the molecule is O=C1CC(c2ccco2)CC2=C1C(c1cc(F)cc(F)c1)n1nc(C(F)(F)F)nc1N2. The Morgan fingerprint density at radius 2 is 1.87 bits per heavy atom. The van der Waals surface area contributed by atoms with Crippen LogP contribution in [0.15, 0.2) is 52.3 Å². The molecule has 2 aliphatic rings. The highest BCUT2D eigenvalue weighted by Gasteiger charge is 2.44. The van der Waals surface area contributed by atoms with Crippen LogP contribution in [0.25, 0.3) is 0 Å². The number of nitrogens with one attached hydrogen (secondary N) is 1. The second-order valence-electron chi connectivity index (χ2n) is 7.37. The van der Waals surface area contributed by atoms with Crippen molar-refractivity contribution < 1.29 is 31.2 Å². The summed E-state index contributed by atoms with van der Waals surface area (Å²) < 4.78 is 73.8. The van der Waals surface area contributed by atoms with Crippen LogP contribution in [0, 0.1) is 11.6 Å². The largest absolute Gasteiger partial charge is 0.469 e. The van der Waals surface area contributed by atoms with Gasteiger partial charge in [0.25, 0.3) is 5.82 Å². The molecule has 2 unspecified atom stereocenters.